The quantitative estimate of drug-likeness (QED) is 0.129. The number of carbonyl (C=O) groups is 2. The molecular weight excluding hydrogens is 512 g/mol. The molecule has 1 aromatic rings. The summed E-state index contributed by atoms with van der Waals surface area (Å²) in [5.41, 5.74) is 0. The molecule has 11 nitrogen and oxygen atoms in total. The molecule has 13 heteroatoms. The normalized spacial score (nSPS) is 11.0. The average Bonchev–Trinajstić information content (AvgIpc) is 2.88. The van der Waals surface area contributed by atoms with E-state index in [0.717, 1.165) is 10.8 Å². The van der Waals surface area contributed by atoms with Crippen LogP contribution in [0.25, 0.3) is 0 Å². The molecule has 0 fully saturated rings. The number of aromatic nitrogens is 1. The van der Waals surface area contributed by atoms with Gasteiger partial charge in [-0.2, -0.15) is 0 Å². The summed E-state index contributed by atoms with van der Waals surface area (Å²) in [7, 11) is 3.18. The zero-order valence-corrected chi connectivity index (χ0v) is 22.2. The Balaban J connectivity index is 1.70. The van der Waals surface area contributed by atoms with Crippen molar-refractivity contribution in [2.24, 2.45) is 0 Å². The van der Waals surface area contributed by atoms with E-state index in [1.165, 1.54) is 0 Å². The molecule has 0 aliphatic rings. The summed E-state index contributed by atoms with van der Waals surface area (Å²) in [5.74, 6) is -0.143. The molecule has 1 rings (SSSR count). The predicted octanol–water partition coefficient (Wildman–Crippen LogP) is 1.90. The summed E-state index contributed by atoms with van der Waals surface area (Å²) in [6, 6.07) is 5.76. The summed E-state index contributed by atoms with van der Waals surface area (Å²) in [5, 5.41) is 12.2. The third kappa shape index (κ3) is 23.0. The summed E-state index contributed by atoms with van der Waals surface area (Å²) < 4.78 is 32.0. The predicted molar refractivity (Wildman–Crippen MR) is 137 cm³/mol. The molecule has 0 aromatic carbocycles. The Labute approximate surface area is 220 Å². The molecule has 1 heterocycles. The molecule has 0 saturated carbocycles. The van der Waals surface area contributed by atoms with E-state index in [-0.39, 0.29) is 18.9 Å². The van der Waals surface area contributed by atoms with E-state index in [1.807, 2.05) is 18.2 Å². The molecule has 0 atom stereocenters. The Morgan fingerprint density at radius 3 is 1.78 bits per heavy atom. The molecule has 0 saturated heterocycles. The fourth-order valence-electron chi connectivity index (χ4n) is 2.34. The zero-order chi connectivity index (χ0) is 25.9. The maximum Gasteiger partial charge on any atom is 0.305 e. The highest BCUT2D eigenvalue weighted by Gasteiger charge is 2.02. The van der Waals surface area contributed by atoms with Crippen LogP contribution in [0, 0.1) is 0 Å². The molecule has 0 bridgehead atoms. The molecule has 0 aliphatic heterocycles. The number of carboxylic acid groups (broad SMARTS) is 1. The van der Waals surface area contributed by atoms with Crippen molar-refractivity contribution < 1.29 is 43.1 Å². The highest BCUT2D eigenvalue weighted by Crippen LogP contribution is 2.29. The van der Waals surface area contributed by atoms with Crippen LogP contribution in [0.1, 0.15) is 12.8 Å². The van der Waals surface area contributed by atoms with E-state index in [4.69, 9.17) is 33.5 Å². The summed E-state index contributed by atoms with van der Waals surface area (Å²) in [6.45, 7) is 5.59. The van der Waals surface area contributed by atoms with E-state index in [9.17, 15) is 9.59 Å². The topological polar surface area (TPSA) is 135 Å². The van der Waals surface area contributed by atoms with Gasteiger partial charge in [0.2, 0.25) is 5.91 Å². The van der Waals surface area contributed by atoms with E-state index in [1.54, 1.807) is 27.8 Å². The number of carboxylic acids is 1. The van der Waals surface area contributed by atoms with Gasteiger partial charge in [0.1, 0.15) is 5.03 Å². The first kappa shape index (κ1) is 32.6. The van der Waals surface area contributed by atoms with Crippen LogP contribution in [-0.4, -0.2) is 114 Å². The van der Waals surface area contributed by atoms with Crippen molar-refractivity contribution >= 4 is 33.5 Å². The molecule has 2 N–H and O–H groups in total. The Morgan fingerprint density at radius 1 is 0.750 bits per heavy atom. The summed E-state index contributed by atoms with van der Waals surface area (Å²) in [6.07, 6.45) is 2.21. The van der Waals surface area contributed by atoms with Gasteiger partial charge in [0.15, 0.2) is 0 Å². The number of aliphatic carboxylic acids is 1. The lowest BCUT2D eigenvalue weighted by Gasteiger charge is -2.08. The van der Waals surface area contributed by atoms with Crippen molar-refractivity contribution in [2.75, 3.05) is 91.6 Å². The van der Waals surface area contributed by atoms with Gasteiger partial charge in [-0.25, -0.2) is 4.98 Å². The molecule has 0 radical (unpaired) electrons. The molecule has 0 unspecified atom stereocenters. The smallest absolute Gasteiger partial charge is 0.305 e. The van der Waals surface area contributed by atoms with Crippen LogP contribution in [0.2, 0.25) is 0 Å². The minimum atomic E-state index is -0.875. The number of pyridine rings is 1. The second-order valence-corrected chi connectivity index (χ2v) is 9.43. The third-order valence-electron chi connectivity index (χ3n) is 4.08. The van der Waals surface area contributed by atoms with Crippen molar-refractivity contribution in [1.29, 1.82) is 0 Å². The SMILES string of the molecule is O=C(O)CCOCCOCCOCCOCCOCCOCCNC(=O)CCSSc1ccccn1. The van der Waals surface area contributed by atoms with Crippen LogP contribution >= 0.6 is 21.6 Å². The van der Waals surface area contributed by atoms with Gasteiger partial charge in [0.05, 0.1) is 85.7 Å². The zero-order valence-electron chi connectivity index (χ0n) is 20.6. The molecule has 206 valence electrons. The molecule has 0 spiro atoms. The molecule has 0 aliphatic carbocycles. The second kappa shape index (κ2) is 25.2. The lowest BCUT2D eigenvalue weighted by Crippen LogP contribution is -2.27. The number of nitrogens with zero attached hydrogens (tertiary/aromatic N) is 1. The Bertz CT molecular complexity index is 660. The van der Waals surface area contributed by atoms with Crippen molar-refractivity contribution in [3.63, 3.8) is 0 Å². The molecule has 1 aromatic heterocycles. The van der Waals surface area contributed by atoms with Crippen molar-refractivity contribution in [3.8, 4) is 0 Å². The van der Waals surface area contributed by atoms with Gasteiger partial charge >= 0.3 is 5.97 Å². The number of nitrogens with one attached hydrogen (secondary N) is 1. The van der Waals surface area contributed by atoms with Gasteiger partial charge in [-0.3, -0.25) is 9.59 Å². The van der Waals surface area contributed by atoms with Crippen LogP contribution in [0.3, 0.4) is 0 Å². The fourth-order valence-corrected chi connectivity index (χ4v) is 4.21. The van der Waals surface area contributed by atoms with Gasteiger partial charge in [-0.05, 0) is 22.9 Å². The first-order chi connectivity index (χ1) is 17.7. The maximum atomic E-state index is 11.8. The molecule has 1 amide bonds. The minimum absolute atomic E-state index is 0.00276. The van der Waals surface area contributed by atoms with Gasteiger partial charge < -0.3 is 38.8 Å². The van der Waals surface area contributed by atoms with Gasteiger partial charge in [-0.15, -0.1) is 0 Å². The highest BCUT2D eigenvalue weighted by atomic mass is 33.1. The largest absolute Gasteiger partial charge is 0.481 e. The van der Waals surface area contributed by atoms with E-state index >= 15 is 0 Å². The van der Waals surface area contributed by atoms with Crippen LogP contribution in [0.15, 0.2) is 29.4 Å². The second-order valence-electron chi connectivity index (χ2n) is 6.99. The van der Waals surface area contributed by atoms with E-state index in [2.05, 4.69) is 10.3 Å². The summed E-state index contributed by atoms with van der Waals surface area (Å²) >= 11 is 0. The Morgan fingerprint density at radius 2 is 1.28 bits per heavy atom. The van der Waals surface area contributed by atoms with Gasteiger partial charge in [0, 0.05) is 24.9 Å². The van der Waals surface area contributed by atoms with Crippen LogP contribution < -0.4 is 5.32 Å². The lowest BCUT2D eigenvalue weighted by molar-refractivity contribution is -0.138. The first-order valence-corrected chi connectivity index (χ1v) is 14.2. The first-order valence-electron chi connectivity index (χ1n) is 11.8. The van der Waals surface area contributed by atoms with Crippen LogP contribution in [0.4, 0.5) is 0 Å². The summed E-state index contributed by atoms with van der Waals surface area (Å²) in [4.78, 5) is 26.3. The Kier molecular flexibility index (Phi) is 22.8. The van der Waals surface area contributed by atoms with Gasteiger partial charge in [0.25, 0.3) is 0 Å². The average molecular weight is 551 g/mol. The van der Waals surface area contributed by atoms with Crippen molar-refractivity contribution in [1.82, 2.24) is 10.3 Å². The standard InChI is InChI=1S/C23H38N2O9S2/c26-21(5-20-35-36-22-3-1-2-6-25-22)24-7-9-30-11-13-32-15-17-34-19-18-33-16-14-31-12-10-29-8-4-23(27)28/h1-3,6H,4-5,7-20H2,(H,24,26)(H,27,28). The maximum absolute atomic E-state index is 11.8. The number of carbonyl (C=O) groups excluding carboxylic acids is 1. The van der Waals surface area contributed by atoms with Crippen molar-refractivity contribution in [3.05, 3.63) is 24.4 Å². The number of amides is 1. The van der Waals surface area contributed by atoms with Crippen molar-refractivity contribution in [2.45, 2.75) is 17.9 Å². The fraction of sp³-hybridized carbons (Fsp3) is 0.696. The number of hydrogen-bond acceptors (Lipinski definition) is 11. The van der Waals surface area contributed by atoms with E-state index < -0.39 is 5.97 Å². The van der Waals surface area contributed by atoms with Gasteiger partial charge in [-0.1, -0.05) is 16.9 Å². The van der Waals surface area contributed by atoms with E-state index in [0.29, 0.717) is 85.6 Å². The number of rotatable bonds is 26. The lowest BCUT2D eigenvalue weighted by atomic mass is 10.4. The van der Waals surface area contributed by atoms with Crippen LogP contribution in [-0.2, 0) is 38.0 Å². The minimum Gasteiger partial charge on any atom is -0.481 e. The Hall–Kier alpha value is -1.45. The monoisotopic (exact) mass is 550 g/mol. The third-order valence-corrected chi connectivity index (χ3v) is 6.35. The molecular formula is C23H38N2O9S2. The molecule has 36 heavy (non-hydrogen) atoms. The number of ether oxygens (including phenoxy) is 6. The number of hydrogen-bond donors (Lipinski definition) is 2. The van der Waals surface area contributed by atoms with Crippen LogP contribution in [0.5, 0.6) is 0 Å². The highest BCUT2D eigenvalue weighted by molar-refractivity contribution is 8.76.